The van der Waals surface area contributed by atoms with Crippen LogP contribution in [0.1, 0.15) is 82.6 Å². The molecular weight excluding hydrogens is 479 g/mol. The van der Waals surface area contributed by atoms with Gasteiger partial charge < -0.3 is 20.6 Å². The number of likely N-dealkylation sites (N-methyl/N-ethyl adjacent to an activating group) is 1. The molecule has 0 radical (unpaired) electrons. The molecule has 2 amide bonds. The van der Waals surface area contributed by atoms with Crippen molar-refractivity contribution in [3.05, 3.63) is 35.6 Å². The van der Waals surface area contributed by atoms with Crippen LogP contribution in [0, 0.1) is 23.6 Å². The summed E-state index contributed by atoms with van der Waals surface area (Å²) >= 11 is 0. The zero-order valence-electron chi connectivity index (χ0n) is 22.2. The number of rotatable bonds is 11. The highest BCUT2D eigenvalue weighted by Gasteiger charge is 2.42. The van der Waals surface area contributed by atoms with E-state index in [-0.39, 0.29) is 42.6 Å². The van der Waals surface area contributed by atoms with E-state index < -0.39 is 11.5 Å². The molecule has 1 saturated heterocycles. The Balaban J connectivity index is 1.39. The normalized spacial score (nSPS) is 24.9. The number of nitrogens with zero attached hydrogens (tertiary/aromatic N) is 1. The Morgan fingerprint density at radius 3 is 2.62 bits per heavy atom. The van der Waals surface area contributed by atoms with Gasteiger partial charge in [-0.2, -0.15) is 0 Å². The molecule has 0 aromatic heterocycles. The third-order valence-electron chi connectivity index (χ3n) is 8.81. The molecular formula is C29H44F3N3O2. The summed E-state index contributed by atoms with van der Waals surface area (Å²) in [5.41, 5.74) is -0.592. The molecule has 5 nitrogen and oxygen atoms in total. The minimum Gasteiger partial charge on any atom is -0.385 e. The van der Waals surface area contributed by atoms with E-state index in [4.69, 9.17) is 0 Å². The van der Waals surface area contributed by atoms with E-state index in [2.05, 4.69) is 10.6 Å². The second kappa shape index (κ2) is 12.4. The first-order valence-electron chi connectivity index (χ1n) is 14.2. The van der Waals surface area contributed by atoms with Gasteiger partial charge in [0.2, 0.25) is 5.92 Å². The Morgan fingerprint density at radius 2 is 1.95 bits per heavy atom. The van der Waals surface area contributed by atoms with Gasteiger partial charge in [0.15, 0.2) is 0 Å². The van der Waals surface area contributed by atoms with Crippen molar-refractivity contribution in [1.29, 1.82) is 0 Å². The monoisotopic (exact) mass is 523 g/mol. The molecule has 0 spiro atoms. The van der Waals surface area contributed by atoms with Crippen LogP contribution < -0.4 is 10.6 Å². The zero-order chi connectivity index (χ0) is 26.5. The van der Waals surface area contributed by atoms with Crippen molar-refractivity contribution in [3.63, 3.8) is 0 Å². The smallest absolute Gasteiger partial charge is 0.317 e. The van der Waals surface area contributed by atoms with E-state index in [0.29, 0.717) is 50.9 Å². The average Bonchev–Trinajstić information content (AvgIpc) is 3.70. The van der Waals surface area contributed by atoms with Gasteiger partial charge in [0.25, 0.3) is 0 Å². The highest BCUT2D eigenvalue weighted by atomic mass is 19.3. The number of likely N-dealkylation sites (tertiary alicyclic amines) is 1. The zero-order valence-corrected chi connectivity index (χ0v) is 22.2. The third kappa shape index (κ3) is 7.85. The molecule has 208 valence electrons. The molecule has 3 aliphatic rings. The molecule has 0 bridgehead atoms. The fraction of sp³-hybridized carbons (Fsp3) is 0.759. The molecule has 37 heavy (non-hydrogen) atoms. The predicted molar refractivity (Wildman–Crippen MR) is 139 cm³/mol. The van der Waals surface area contributed by atoms with Gasteiger partial charge in [0.05, 0.1) is 5.60 Å². The van der Waals surface area contributed by atoms with E-state index >= 15 is 0 Å². The molecule has 1 aromatic rings. The number of benzene rings is 1. The van der Waals surface area contributed by atoms with Crippen LogP contribution in [0.3, 0.4) is 0 Å². The molecule has 3 N–H and O–H groups in total. The maximum atomic E-state index is 14.1. The summed E-state index contributed by atoms with van der Waals surface area (Å²) in [4.78, 5) is 15.1. The van der Waals surface area contributed by atoms with Crippen molar-refractivity contribution in [3.8, 4) is 0 Å². The topological polar surface area (TPSA) is 64.6 Å². The lowest BCUT2D eigenvalue weighted by Gasteiger charge is -2.43. The Hall–Kier alpha value is -1.80. The highest BCUT2D eigenvalue weighted by Crippen LogP contribution is 2.42. The summed E-state index contributed by atoms with van der Waals surface area (Å²) in [6.07, 6.45) is 8.06. The van der Waals surface area contributed by atoms with Crippen LogP contribution in [-0.2, 0) is 5.60 Å². The lowest BCUT2D eigenvalue weighted by molar-refractivity contribution is -0.0563. The van der Waals surface area contributed by atoms with Crippen molar-refractivity contribution in [2.45, 2.75) is 94.6 Å². The second-order valence-electron chi connectivity index (χ2n) is 11.8. The minimum atomic E-state index is -2.56. The van der Waals surface area contributed by atoms with Gasteiger partial charge in [-0.25, -0.2) is 18.0 Å². The fourth-order valence-electron chi connectivity index (χ4n) is 6.40. The quantitative estimate of drug-likeness (QED) is 0.343. The number of alkyl halides is 2. The summed E-state index contributed by atoms with van der Waals surface area (Å²) in [7, 11) is 1.83. The first-order chi connectivity index (χ1) is 17.7. The molecule has 1 heterocycles. The standard InChI is InChI=1S/C29H44F3N3O2/c1-33-19-26(17-22-11-14-28(31,32)15-12-22)34-27(36)35-16-4-7-24(20-35)29(37,13-3-5-21-9-10-21)23-6-2-8-25(30)18-23/h2,6,8,18,21-22,24,26,33,37H,3-5,7,9-17,19-20H2,1H3,(H,34,36)/t24-,26?,29?/m1/s1. The van der Waals surface area contributed by atoms with Crippen LogP contribution in [-0.4, -0.2) is 54.7 Å². The van der Waals surface area contributed by atoms with E-state index in [1.54, 1.807) is 17.0 Å². The Kier molecular flexibility index (Phi) is 9.43. The second-order valence-corrected chi connectivity index (χ2v) is 11.8. The molecule has 1 aliphatic heterocycles. The number of urea groups is 1. The lowest BCUT2D eigenvalue weighted by atomic mass is 9.74. The fourth-order valence-corrected chi connectivity index (χ4v) is 6.40. The van der Waals surface area contributed by atoms with E-state index in [9.17, 15) is 23.1 Å². The van der Waals surface area contributed by atoms with Crippen LogP contribution >= 0.6 is 0 Å². The number of amides is 2. The molecule has 1 aromatic carbocycles. The average molecular weight is 524 g/mol. The molecule has 3 atom stereocenters. The molecule has 3 fully saturated rings. The molecule has 2 saturated carbocycles. The number of piperidine rings is 1. The summed E-state index contributed by atoms with van der Waals surface area (Å²) in [6, 6.07) is 5.96. The summed E-state index contributed by atoms with van der Waals surface area (Å²) in [5, 5.41) is 18.3. The maximum absolute atomic E-state index is 14.1. The van der Waals surface area contributed by atoms with Gasteiger partial charge in [-0.05, 0) is 81.5 Å². The molecule has 8 heteroatoms. The first kappa shape index (κ1) is 28.2. The van der Waals surface area contributed by atoms with Crippen LogP contribution in [0.4, 0.5) is 18.0 Å². The van der Waals surface area contributed by atoms with Crippen LogP contribution in [0.2, 0.25) is 0 Å². The molecule has 2 aliphatic carbocycles. The van der Waals surface area contributed by atoms with Crippen molar-refractivity contribution < 1.29 is 23.1 Å². The van der Waals surface area contributed by atoms with Crippen molar-refractivity contribution in [2.75, 3.05) is 26.7 Å². The number of halogens is 3. The van der Waals surface area contributed by atoms with Gasteiger partial charge in [0, 0.05) is 44.4 Å². The van der Waals surface area contributed by atoms with Gasteiger partial charge in [-0.3, -0.25) is 0 Å². The Morgan fingerprint density at radius 1 is 1.19 bits per heavy atom. The third-order valence-corrected chi connectivity index (χ3v) is 8.81. The number of nitrogens with one attached hydrogen (secondary N) is 2. The van der Waals surface area contributed by atoms with Crippen molar-refractivity contribution in [1.82, 2.24) is 15.5 Å². The highest BCUT2D eigenvalue weighted by molar-refractivity contribution is 5.74. The van der Waals surface area contributed by atoms with Gasteiger partial charge >= 0.3 is 6.03 Å². The summed E-state index contributed by atoms with van der Waals surface area (Å²) in [5.74, 6) is -2.17. The van der Waals surface area contributed by atoms with Crippen LogP contribution in [0.5, 0.6) is 0 Å². The first-order valence-corrected chi connectivity index (χ1v) is 14.2. The lowest BCUT2D eigenvalue weighted by Crippen LogP contribution is -2.54. The molecule has 4 rings (SSSR count). The van der Waals surface area contributed by atoms with Crippen LogP contribution in [0.15, 0.2) is 24.3 Å². The Labute approximate surface area is 219 Å². The summed E-state index contributed by atoms with van der Waals surface area (Å²) < 4.78 is 41.3. The predicted octanol–water partition coefficient (Wildman–Crippen LogP) is 5.82. The van der Waals surface area contributed by atoms with Crippen LogP contribution in [0.25, 0.3) is 0 Å². The largest absolute Gasteiger partial charge is 0.385 e. The van der Waals surface area contributed by atoms with Gasteiger partial charge in [-0.15, -0.1) is 0 Å². The van der Waals surface area contributed by atoms with Crippen molar-refractivity contribution in [2.24, 2.45) is 17.8 Å². The van der Waals surface area contributed by atoms with Gasteiger partial charge in [-0.1, -0.05) is 31.4 Å². The van der Waals surface area contributed by atoms with E-state index in [1.165, 1.54) is 25.0 Å². The van der Waals surface area contributed by atoms with E-state index in [1.807, 2.05) is 7.05 Å². The number of hydrogen-bond acceptors (Lipinski definition) is 3. The molecule has 2 unspecified atom stereocenters. The van der Waals surface area contributed by atoms with Gasteiger partial charge in [0.1, 0.15) is 5.82 Å². The SMILES string of the molecule is CNCC(CC1CCC(F)(F)CC1)NC(=O)N1CCC[C@@H](C(O)(CCCC2CC2)c2cccc(F)c2)C1. The maximum Gasteiger partial charge on any atom is 0.317 e. The summed E-state index contributed by atoms with van der Waals surface area (Å²) in [6.45, 7) is 1.58. The number of carbonyl (C=O) groups is 1. The Bertz CT molecular complexity index is 887. The minimum absolute atomic E-state index is 0.0783. The van der Waals surface area contributed by atoms with E-state index in [0.717, 1.165) is 31.6 Å². The number of carbonyl (C=O) groups excluding carboxylic acids is 1. The number of aliphatic hydroxyl groups is 1. The van der Waals surface area contributed by atoms with Crippen molar-refractivity contribution >= 4 is 6.03 Å². The number of hydrogen-bond donors (Lipinski definition) is 3.